The third kappa shape index (κ3) is 5.38. The summed E-state index contributed by atoms with van der Waals surface area (Å²) in [5.41, 5.74) is 22.3. The molecule has 3 aliphatic rings. The van der Waals surface area contributed by atoms with E-state index in [0.29, 0.717) is 4.48 Å². The molecule has 1 aliphatic carbocycles. The molecule has 0 fully saturated rings. The van der Waals surface area contributed by atoms with E-state index in [1.807, 2.05) is 11.3 Å². The van der Waals surface area contributed by atoms with E-state index in [-0.39, 0.29) is 16.9 Å². The molecule has 2 aliphatic heterocycles. The van der Waals surface area contributed by atoms with E-state index in [0.717, 1.165) is 34.5 Å². The zero-order chi connectivity index (χ0) is 36.7. The number of hydrogen-bond donors (Lipinski definition) is 1. The van der Waals surface area contributed by atoms with E-state index in [2.05, 4.69) is 181 Å². The molecular formula is C49H46N3S+. The topological polar surface area (TPSA) is 38.4 Å². The molecule has 0 saturated heterocycles. The molecule has 0 amide bonds. The van der Waals surface area contributed by atoms with Gasteiger partial charge in [-0.2, -0.15) is 0 Å². The fourth-order valence-electron chi connectivity index (χ4n) is 8.88. The van der Waals surface area contributed by atoms with Crippen molar-refractivity contribution in [2.24, 2.45) is 16.1 Å². The third-order valence-corrected chi connectivity index (χ3v) is 12.9. The molecular weight excluding hydrogens is 663 g/mol. The van der Waals surface area contributed by atoms with Gasteiger partial charge in [-0.3, -0.25) is 4.99 Å². The molecule has 3 heterocycles. The summed E-state index contributed by atoms with van der Waals surface area (Å²) >= 11 is 1.93. The normalized spacial score (nSPS) is 20.1. The number of allylic oxidation sites excluding steroid dienone is 5. The Kier molecular flexibility index (Phi) is 7.67. The maximum absolute atomic E-state index is 6.86. The minimum atomic E-state index is -0.115. The van der Waals surface area contributed by atoms with Gasteiger partial charge in [-0.05, 0) is 71.9 Å². The molecule has 0 radical (unpaired) electrons. The second-order valence-corrected chi connectivity index (χ2v) is 17.4. The Morgan fingerprint density at radius 3 is 2.34 bits per heavy atom. The van der Waals surface area contributed by atoms with E-state index in [1.165, 1.54) is 59.8 Å². The van der Waals surface area contributed by atoms with Crippen LogP contribution in [0.15, 0.2) is 156 Å². The van der Waals surface area contributed by atoms with Crippen molar-refractivity contribution < 1.29 is 0 Å². The number of thiophene rings is 1. The third-order valence-electron chi connectivity index (χ3n) is 11.7. The van der Waals surface area contributed by atoms with Crippen LogP contribution in [0.5, 0.6) is 0 Å². The number of quaternary nitrogens is 1. The number of hydrogen-bond acceptors (Lipinski definition) is 3. The molecule has 2 N–H and O–H groups in total. The van der Waals surface area contributed by atoms with E-state index in [4.69, 9.17) is 10.7 Å². The fourth-order valence-corrected chi connectivity index (χ4v) is 10.2. The lowest BCUT2D eigenvalue weighted by atomic mass is 9.78. The van der Waals surface area contributed by atoms with Crippen LogP contribution in [0.25, 0.3) is 31.7 Å². The van der Waals surface area contributed by atoms with Gasteiger partial charge in [-0.1, -0.05) is 125 Å². The highest BCUT2D eigenvalue weighted by molar-refractivity contribution is 7.23. The standard InChI is InChI=1S/C49H46N3S/c1-31(51-44(37-24-26-48(2,3)27-25-41(37)50)35-17-12-16-34(29-35)32-14-8-7-9-15-32)33-22-23-42-36(28-33)30-49(4,5)40-20-13-19-39-45(40)52(42,6)46-38-18-10-11-21-43(38)53-47(39)46/h7-29,31H,30,50H2,1-6H3/q+1. The van der Waals surface area contributed by atoms with Crippen molar-refractivity contribution in [1.29, 1.82) is 0 Å². The molecule has 0 saturated carbocycles. The van der Waals surface area contributed by atoms with Crippen molar-refractivity contribution in [1.82, 2.24) is 4.48 Å². The number of rotatable bonds is 5. The van der Waals surface area contributed by atoms with Crippen molar-refractivity contribution in [2.45, 2.75) is 52.5 Å². The van der Waals surface area contributed by atoms with Gasteiger partial charge in [-0.25, -0.2) is 4.48 Å². The lowest BCUT2D eigenvalue weighted by Gasteiger charge is -2.32. The summed E-state index contributed by atoms with van der Waals surface area (Å²) in [5.74, 6) is 0. The van der Waals surface area contributed by atoms with E-state index < -0.39 is 0 Å². The zero-order valence-electron chi connectivity index (χ0n) is 31.4. The van der Waals surface area contributed by atoms with Gasteiger partial charge < -0.3 is 5.73 Å². The first-order valence-electron chi connectivity index (χ1n) is 18.7. The minimum Gasteiger partial charge on any atom is -0.398 e. The highest BCUT2D eigenvalue weighted by Crippen LogP contribution is 2.66. The largest absolute Gasteiger partial charge is 0.398 e. The van der Waals surface area contributed by atoms with E-state index >= 15 is 0 Å². The zero-order valence-corrected chi connectivity index (χ0v) is 32.3. The van der Waals surface area contributed by atoms with Crippen LogP contribution in [0.3, 0.4) is 0 Å². The Morgan fingerprint density at radius 1 is 0.774 bits per heavy atom. The van der Waals surface area contributed by atoms with Crippen LogP contribution >= 0.6 is 11.3 Å². The van der Waals surface area contributed by atoms with Gasteiger partial charge in [-0.15, -0.1) is 11.3 Å². The first-order valence-corrected chi connectivity index (χ1v) is 19.5. The fraction of sp³-hybridized carbons (Fsp3) is 0.204. The lowest BCUT2D eigenvalue weighted by molar-refractivity contribution is 0.525. The molecule has 4 heteroatoms. The van der Waals surface area contributed by atoms with Crippen LogP contribution in [0, 0.1) is 5.41 Å². The monoisotopic (exact) mass is 708 g/mol. The Bertz CT molecular complexity index is 2580. The molecule has 1 aromatic heterocycles. The first kappa shape index (κ1) is 33.5. The maximum Gasteiger partial charge on any atom is 0.169 e. The Morgan fingerprint density at radius 2 is 1.51 bits per heavy atom. The summed E-state index contributed by atoms with van der Waals surface area (Å²) in [6.07, 6.45) is 9.58. The molecule has 9 rings (SSSR count). The van der Waals surface area contributed by atoms with Crippen molar-refractivity contribution in [2.75, 3.05) is 7.05 Å². The molecule has 2 atom stereocenters. The van der Waals surface area contributed by atoms with Gasteiger partial charge in [0.05, 0.1) is 29.8 Å². The second-order valence-electron chi connectivity index (χ2n) is 16.4. The Balaban J connectivity index is 1.21. The number of benzene rings is 5. The minimum absolute atomic E-state index is 0.0578. The number of aliphatic imine (C=N–C) groups is 1. The maximum atomic E-state index is 6.86. The van der Waals surface area contributed by atoms with Gasteiger partial charge >= 0.3 is 0 Å². The van der Waals surface area contributed by atoms with Crippen molar-refractivity contribution >= 4 is 44.2 Å². The summed E-state index contributed by atoms with van der Waals surface area (Å²) in [4.78, 5) is 6.99. The van der Waals surface area contributed by atoms with Crippen LogP contribution in [0.2, 0.25) is 0 Å². The van der Waals surface area contributed by atoms with Gasteiger partial charge in [0.15, 0.2) is 11.4 Å². The molecule has 2 unspecified atom stereocenters. The lowest BCUT2D eigenvalue weighted by Crippen LogP contribution is -2.33. The van der Waals surface area contributed by atoms with Gasteiger partial charge in [0.2, 0.25) is 0 Å². The summed E-state index contributed by atoms with van der Waals surface area (Å²) in [6.45, 7) is 11.5. The average Bonchev–Trinajstić information content (AvgIpc) is 3.60. The molecule has 6 aromatic rings. The molecule has 5 aromatic carbocycles. The number of nitrogens with zero attached hydrogens (tertiary/aromatic N) is 2. The highest BCUT2D eigenvalue weighted by atomic mass is 32.1. The first-order chi connectivity index (χ1) is 25.4. The van der Waals surface area contributed by atoms with Crippen molar-refractivity contribution in [3.05, 3.63) is 173 Å². The van der Waals surface area contributed by atoms with Gasteiger partial charge in [0, 0.05) is 44.1 Å². The molecule has 262 valence electrons. The number of para-hydroxylation sites is 1. The number of nitrogens with two attached hydrogens (primary N) is 1. The van der Waals surface area contributed by atoms with Crippen LogP contribution in [0.4, 0.5) is 17.1 Å². The van der Waals surface area contributed by atoms with E-state index in [1.54, 1.807) is 0 Å². The highest BCUT2D eigenvalue weighted by Gasteiger charge is 2.52. The quantitative estimate of drug-likeness (QED) is 0.140. The predicted octanol–water partition coefficient (Wildman–Crippen LogP) is 12.9. The van der Waals surface area contributed by atoms with Crippen molar-refractivity contribution in [3.63, 3.8) is 0 Å². The average molecular weight is 709 g/mol. The van der Waals surface area contributed by atoms with E-state index in [9.17, 15) is 0 Å². The molecule has 53 heavy (non-hydrogen) atoms. The van der Waals surface area contributed by atoms with Crippen LogP contribution in [-0.2, 0) is 11.8 Å². The molecule has 3 nitrogen and oxygen atoms in total. The smallest absolute Gasteiger partial charge is 0.169 e. The predicted molar refractivity (Wildman–Crippen MR) is 228 cm³/mol. The summed E-state index contributed by atoms with van der Waals surface area (Å²) < 4.78 is 2.04. The Hall–Kier alpha value is -5.29. The summed E-state index contributed by atoms with van der Waals surface area (Å²) in [6, 6.07) is 42.3. The summed E-state index contributed by atoms with van der Waals surface area (Å²) in [7, 11) is 2.43. The molecule has 0 spiro atoms. The Labute approximate surface area is 317 Å². The van der Waals surface area contributed by atoms with Crippen LogP contribution < -0.4 is 10.2 Å². The van der Waals surface area contributed by atoms with Gasteiger partial charge in [0.25, 0.3) is 0 Å². The van der Waals surface area contributed by atoms with Gasteiger partial charge in [0.1, 0.15) is 10.6 Å². The second kappa shape index (κ2) is 12.1. The van der Waals surface area contributed by atoms with Crippen LogP contribution in [-0.4, -0.2) is 12.8 Å². The number of fused-ring (bicyclic) bond motifs is 7. The summed E-state index contributed by atoms with van der Waals surface area (Å²) in [5, 5.41) is 1.35. The van der Waals surface area contributed by atoms with Crippen LogP contribution in [0.1, 0.15) is 62.9 Å². The van der Waals surface area contributed by atoms with Crippen molar-refractivity contribution in [3.8, 4) is 21.6 Å². The SMILES string of the molecule is CC(N=C(C1=C(N)C=CC(C)(C)C=C1)c1cccc(-c2ccccc2)c1)c1ccc2c(c1)CC(C)(C)c1cccc3c1[N+]2(C)c1c-3sc2ccccc12. The molecule has 0 bridgehead atoms.